The SMILES string of the molecule is CC(=O)n1ncc2cc(Oc3ccccc3C#N)ccc21. The lowest BCUT2D eigenvalue weighted by molar-refractivity contribution is 0.0927. The fourth-order valence-electron chi connectivity index (χ4n) is 2.10. The molecule has 3 aromatic rings. The first-order valence-electron chi connectivity index (χ1n) is 6.35. The van der Waals surface area contributed by atoms with Gasteiger partial charge in [0.25, 0.3) is 0 Å². The standard InChI is InChI=1S/C16H11N3O2/c1-11(20)19-15-7-6-14(8-13(15)10-18-19)21-16-5-3-2-4-12(16)9-17/h2-8,10H,1H3. The highest BCUT2D eigenvalue weighted by atomic mass is 16.5. The second-order valence-corrected chi connectivity index (χ2v) is 4.51. The maximum absolute atomic E-state index is 11.4. The highest BCUT2D eigenvalue weighted by Gasteiger charge is 2.09. The van der Waals surface area contributed by atoms with Crippen molar-refractivity contribution in [1.82, 2.24) is 9.78 Å². The fourth-order valence-corrected chi connectivity index (χ4v) is 2.10. The van der Waals surface area contributed by atoms with Gasteiger partial charge in [0, 0.05) is 12.3 Å². The molecule has 2 aromatic carbocycles. The molecule has 0 radical (unpaired) electrons. The molecule has 0 aliphatic heterocycles. The Hall–Kier alpha value is -3.13. The number of para-hydroxylation sites is 1. The minimum Gasteiger partial charge on any atom is -0.456 e. The molecule has 21 heavy (non-hydrogen) atoms. The smallest absolute Gasteiger partial charge is 0.244 e. The van der Waals surface area contributed by atoms with E-state index in [1.807, 2.05) is 6.07 Å². The lowest BCUT2D eigenvalue weighted by atomic mass is 10.2. The molecule has 0 spiro atoms. The molecule has 0 bridgehead atoms. The van der Waals surface area contributed by atoms with Gasteiger partial charge in [0.05, 0.1) is 17.3 Å². The van der Waals surface area contributed by atoms with Crippen molar-refractivity contribution in [3.05, 3.63) is 54.2 Å². The first-order valence-corrected chi connectivity index (χ1v) is 6.35. The van der Waals surface area contributed by atoms with E-state index in [-0.39, 0.29) is 5.91 Å². The quantitative estimate of drug-likeness (QED) is 0.720. The van der Waals surface area contributed by atoms with Crippen LogP contribution in [0.2, 0.25) is 0 Å². The van der Waals surface area contributed by atoms with Gasteiger partial charge in [-0.15, -0.1) is 0 Å². The van der Waals surface area contributed by atoms with Crippen molar-refractivity contribution in [3.8, 4) is 17.6 Å². The van der Waals surface area contributed by atoms with Crippen LogP contribution in [0.4, 0.5) is 0 Å². The van der Waals surface area contributed by atoms with Gasteiger partial charge in [0.2, 0.25) is 5.91 Å². The number of benzene rings is 2. The Morgan fingerprint density at radius 2 is 2.10 bits per heavy atom. The summed E-state index contributed by atoms with van der Waals surface area (Å²) in [5.41, 5.74) is 1.19. The van der Waals surface area contributed by atoms with Crippen LogP contribution in [0.5, 0.6) is 11.5 Å². The average molecular weight is 277 g/mol. The first-order chi connectivity index (χ1) is 10.2. The van der Waals surface area contributed by atoms with Gasteiger partial charge in [-0.25, -0.2) is 4.68 Å². The zero-order chi connectivity index (χ0) is 14.8. The lowest BCUT2D eigenvalue weighted by Crippen LogP contribution is -2.06. The third-order valence-electron chi connectivity index (χ3n) is 3.07. The molecule has 0 N–H and O–H groups in total. The molecule has 1 heterocycles. The van der Waals surface area contributed by atoms with E-state index in [1.54, 1.807) is 42.6 Å². The summed E-state index contributed by atoms with van der Waals surface area (Å²) in [5.74, 6) is 0.945. The Morgan fingerprint density at radius 3 is 2.86 bits per heavy atom. The molecule has 0 saturated heterocycles. The van der Waals surface area contributed by atoms with E-state index < -0.39 is 0 Å². The van der Waals surface area contributed by atoms with Crippen molar-refractivity contribution < 1.29 is 9.53 Å². The summed E-state index contributed by atoms with van der Waals surface area (Å²) in [6.07, 6.45) is 1.61. The van der Waals surface area contributed by atoms with Gasteiger partial charge in [-0.2, -0.15) is 10.4 Å². The Labute approximate surface area is 121 Å². The van der Waals surface area contributed by atoms with Crippen LogP contribution < -0.4 is 4.74 Å². The second-order valence-electron chi connectivity index (χ2n) is 4.51. The van der Waals surface area contributed by atoms with Crippen molar-refractivity contribution in [1.29, 1.82) is 5.26 Å². The summed E-state index contributed by atoms with van der Waals surface area (Å²) >= 11 is 0. The van der Waals surface area contributed by atoms with E-state index in [2.05, 4.69) is 11.2 Å². The number of carbonyl (C=O) groups excluding carboxylic acids is 1. The predicted octanol–water partition coefficient (Wildman–Crippen LogP) is 3.36. The van der Waals surface area contributed by atoms with Crippen LogP contribution >= 0.6 is 0 Å². The number of nitriles is 1. The molecule has 3 rings (SSSR count). The Bertz CT molecular complexity index is 875. The minimum absolute atomic E-state index is 0.145. The molecular weight excluding hydrogens is 266 g/mol. The second kappa shape index (κ2) is 5.10. The highest BCUT2D eigenvalue weighted by molar-refractivity contribution is 5.90. The number of aromatic nitrogens is 2. The van der Waals surface area contributed by atoms with Crippen molar-refractivity contribution >= 4 is 16.8 Å². The van der Waals surface area contributed by atoms with Gasteiger partial charge in [0.15, 0.2) is 0 Å². The summed E-state index contributed by atoms with van der Waals surface area (Å²) in [6.45, 7) is 1.46. The predicted molar refractivity (Wildman–Crippen MR) is 77.3 cm³/mol. The molecular formula is C16H11N3O2. The maximum atomic E-state index is 11.4. The van der Waals surface area contributed by atoms with E-state index >= 15 is 0 Å². The molecule has 0 fully saturated rings. The minimum atomic E-state index is -0.145. The molecule has 102 valence electrons. The van der Waals surface area contributed by atoms with Crippen molar-refractivity contribution in [3.63, 3.8) is 0 Å². The van der Waals surface area contributed by atoms with Gasteiger partial charge in [-0.3, -0.25) is 4.79 Å². The molecule has 0 saturated carbocycles. The van der Waals surface area contributed by atoms with Crippen LogP contribution in [-0.4, -0.2) is 15.7 Å². The maximum Gasteiger partial charge on any atom is 0.244 e. The summed E-state index contributed by atoms with van der Waals surface area (Å²) in [4.78, 5) is 11.4. The van der Waals surface area contributed by atoms with E-state index in [1.165, 1.54) is 11.6 Å². The Balaban J connectivity index is 1.99. The summed E-state index contributed by atoms with van der Waals surface area (Å²) in [7, 11) is 0. The number of rotatable bonds is 2. The van der Waals surface area contributed by atoms with Crippen LogP contribution in [0.15, 0.2) is 48.7 Å². The number of hydrogen-bond donors (Lipinski definition) is 0. The molecule has 0 unspecified atom stereocenters. The van der Waals surface area contributed by atoms with Crippen LogP contribution in [0.1, 0.15) is 17.3 Å². The summed E-state index contributed by atoms with van der Waals surface area (Å²) in [6, 6.07) is 14.4. The van der Waals surface area contributed by atoms with E-state index in [0.717, 1.165) is 10.9 Å². The molecule has 5 heteroatoms. The molecule has 0 atom stereocenters. The monoisotopic (exact) mass is 277 g/mol. The third-order valence-corrected chi connectivity index (χ3v) is 3.07. The normalized spacial score (nSPS) is 10.3. The van der Waals surface area contributed by atoms with Crippen LogP contribution in [0, 0.1) is 11.3 Å². The number of carbonyl (C=O) groups is 1. The van der Waals surface area contributed by atoms with E-state index in [9.17, 15) is 4.79 Å². The van der Waals surface area contributed by atoms with Gasteiger partial charge >= 0.3 is 0 Å². The molecule has 5 nitrogen and oxygen atoms in total. The summed E-state index contributed by atoms with van der Waals surface area (Å²) < 4.78 is 7.07. The first kappa shape index (κ1) is 12.9. The Morgan fingerprint density at radius 1 is 1.29 bits per heavy atom. The van der Waals surface area contributed by atoms with Crippen LogP contribution in [0.3, 0.4) is 0 Å². The molecule has 0 amide bonds. The molecule has 0 aliphatic carbocycles. The lowest BCUT2D eigenvalue weighted by Gasteiger charge is -2.07. The Kier molecular flexibility index (Phi) is 3.13. The molecule has 1 aromatic heterocycles. The number of hydrogen-bond acceptors (Lipinski definition) is 4. The van der Waals surface area contributed by atoms with Gasteiger partial charge in [0.1, 0.15) is 17.6 Å². The van der Waals surface area contributed by atoms with Crippen LogP contribution in [0.25, 0.3) is 10.9 Å². The van der Waals surface area contributed by atoms with Crippen molar-refractivity contribution in [2.75, 3.05) is 0 Å². The van der Waals surface area contributed by atoms with Gasteiger partial charge < -0.3 is 4.74 Å². The largest absolute Gasteiger partial charge is 0.456 e. The van der Waals surface area contributed by atoms with Crippen molar-refractivity contribution in [2.24, 2.45) is 0 Å². The fraction of sp³-hybridized carbons (Fsp3) is 0.0625. The topological polar surface area (TPSA) is 67.9 Å². The van der Waals surface area contributed by atoms with Gasteiger partial charge in [-0.1, -0.05) is 12.1 Å². The summed E-state index contributed by atoms with van der Waals surface area (Å²) in [5, 5.41) is 13.9. The average Bonchev–Trinajstić information content (AvgIpc) is 2.91. The van der Waals surface area contributed by atoms with Gasteiger partial charge in [-0.05, 0) is 30.3 Å². The molecule has 0 aliphatic rings. The third kappa shape index (κ3) is 2.35. The van der Waals surface area contributed by atoms with E-state index in [4.69, 9.17) is 10.00 Å². The zero-order valence-electron chi connectivity index (χ0n) is 11.3. The number of nitrogens with zero attached hydrogens (tertiary/aromatic N) is 3. The van der Waals surface area contributed by atoms with Crippen LogP contribution in [-0.2, 0) is 0 Å². The highest BCUT2D eigenvalue weighted by Crippen LogP contribution is 2.27. The number of fused-ring (bicyclic) bond motifs is 1. The zero-order valence-corrected chi connectivity index (χ0v) is 11.3. The number of ether oxygens (including phenoxy) is 1. The van der Waals surface area contributed by atoms with E-state index in [0.29, 0.717) is 17.1 Å². The van der Waals surface area contributed by atoms with Crippen molar-refractivity contribution in [2.45, 2.75) is 6.92 Å².